The average molecular weight is 475 g/mol. The van der Waals surface area contributed by atoms with Gasteiger partial charge in [0.15, 0.2) is 0 Å². The topological polar surface area (TPSA) is 60.5 Å². The number of carbonyl (C=O) groups excluding carboxylic acids is 1. The lowest BCUT2D eigenvalue weighted by Crippen LogP contribution is -2.13. The van der Waals surface area contributed by atoms with Gasteiger partial charge in [0.2, 0.25) is 0 Å². The quantitative estimate of drug-likeness (QED) is 0.341. The molecular weight excluding hydrogens is 455 g/mol. The lowest BCUT2D eigenvalue weighted by molar-refractivity contribution is 0.102. The van der Waals surface area contributed by atoms with Gasteiger partial charge in [-0.05, 0) is 85.1 Å². The van der Waals surface area contributed by atoms with E-state index < -0.39 is 0 Å². The minimum absolute atomic E-state index is 0.310. The predicted molar refractivity (Wildman–Crippen MR) is 129 cm³/mol. The number of aryl methyl sites for hydroxylation is 1. The summed E-state index contributed by atoms with van der Waals surface area (Å²) in [6.07, 6.45) is 1.90. The summed E-state index contributed by atoms with van der Waals surface area (Å²) in [5, 5.41) is 3.30. The fourth-order valence-corrected chi connectivity index (χ4v) is 3.93. The molecule has 0 saturated heterocycles. The van der Waals surface area contributed by atoms with Gasteiger partial charge in [0, 0.05) is 17.2 Å². The number of hydrogen-bond donors (Lipinski definition) is 1. The number of aromatic nitrogens is 1. The minimum atomic E-state index is -0.317. The Morgan fingerprint density at radius 3 is 2.62 bits per heavy atom. The second-order valence-electron chi connectivity index (χ2n) is 7.84. The molecule has 1 N–H and O–H groups in total. The number of pyridine rings is 1. The molecule has 7 heteroatoms. The Morgan fingerprint density at radius 2 is 1.82 bits per heavy atom. The summed E-state index contributed by atoms with van der Waals surface area (Å²) < 4.78 is 24.8. The molecule has 0 fully saturated rings. The van der Waals surface area contributed by atoms with Crippen LogP contribution < -0.4 is 14.8 Å². The molecule has 5 nitrogen and oxygen atoms in total. The van der Waals surface area contributed by atoms with Crippen LogP contribution >= 0.6 is 11.6 Å². The van der Waals surface area contributed by atoms with Crippen molar-refractivity contribution in [3.05, 3.63) is 101 Å². The summed E-state index contributed by atoms with van der Waals surface area (Å²) in [6.45, 7) is 0.680. The number of benzene rings is 3. The molecule has 3 aromatic carbocycles. The number of hydrogen-bond acceptors (Lipinski definition) is 4. The van der Waals surface area contributed by atoms with Gasteiger partial charge < -0.3 is 14.8 Å². The molecule has 2 heterocycles. The summed E-state index contributed by atoms with van der Waals surface area (Å²) in [7, 11) is 0. The molecule has 0 atom stereocenters. The molecule has 34 heavy (non-hydrogen) atoms. The molecule has 1 aliphatic heterocycles. The SMILES string of the molecule is O=C(Nc1cccc(-c2ccc(F)cc2)n1)c1ccc(Oc2cc3c(cc2Cl)CCCO3)cc1. The van der Waals surface area contributed by atoms with Crippen molar-refractivity contribution in [2.45, 2.75) is 12.8 Å². The van der Waals surface area contributed by atoms with E-state index in [4.69, 9.17) is 21.1 Å². The number of carbonyl (C=O) groups is 1. The van der Waals surface area contributed by atoms with Crippen molar-refractivity contribution >= 4 is 23.3 Å². The number of anilines is 1. The van der Waals surface area contributed by atoms with Crippen LogP contribution in [0, 0.1) is 5.82 Å². The molecule has 0 spiro atoms. The number of halogens is 2. The van der Waals surface area contributed by atoms with Gasteiger partial charge in [0.1, 0.15) is 28.9 Å². The molecule has 0 saturated carbocycles. The highest BCUT2D eigenvalue weighted by atomic mass is 35.5. The van der Waals surface area contributed by atoms with Crippen molar-refractivity contribution in [3.63, 3.8) is 0 Å². The van der Waals surface area contributed by atoms with E-state index in [0.717, 1.165) is 29.7 Å². The fraction of sp³-hybridized carbons (Fsp3) is 0.111. The number of nitrogens with one attached hydrogen (secondary N) is 1. The summed E-state index contributed by atoms with van der Waals surface area (Å²) in [4.78, 5) is 17.2. The highest BCUT2D eigenvalue weighted by molar-refractivity contribution is 6.32. The van der Waals surface area contributed by atoms with Gasteiger partial charge in [-0.25, -0.2) is 9.37 Å². The second-order valence-corrected chi connectivity index (χ2v) is 8.25. The monoisotopic (exact) mass is 474 g/mol. The molecule has 5 rings (SSSR count). The highest BCUT2D eigenvalue weighted by Crippen LogP contribution is 2.37. The summed E-state index contributed by atoms with van der Waals surface area (Å²) in [5.74, 6) is 1.61. The van der Waals surface area contributed by atoms with Crippen LogP contribution in [0.1, 0.15) is 22.3 Å². The summed E-state index contributed by atoms with van der Waals surface area (Å²) in [5.41, 5.74) is 2.91. The Hall–Kier alpha value is -3.90. The van der Waals surface area contributed by atoms with E-state index in [1.807, 2.05) is 6.07 Å². The summed E-state index contributed by atoms with van der Waals surface area (Å²) in [6, 6.07) is 21.7. The Kier molecular flexibility index (Phi) is 6.14. The van der Waals surface area contributed by atoms with Crippen molar-refractivity contribution in [1.29, 1.82) is 0 Å². The molecule has 0 aliphatic carbocycles. The Labute approximate surface area is 201 Å². The zero-order valence-corrected chi connectivity index (χ0v) is 18.8. The minimum Gasteiger partial charge on any atom is -0.493 e. The molecule has 170 valence electrons. The van der Waals surface area contributed by atoms with E-state index in [0.29, 0.717) is 40.2 Å². The lowest BCUT2D eigenvalue weighted by atomic mass is 10.1. The van der Waals surface area contributed by atoms with Crippen molar-refractivity contribution < 1.29 is 18.7 Å². The Balaban J connectivity index is 1.27. The highest BCUT2D eigenvalue weighted by Gasteiger charge is 2.15. The van der Waals surface area contributed by atoms with Crippen LogP contribution in [0.25, 0.3) is 11.3 Å². The molecule has 0 unspecified atom stereocenters. The average Bonchev–Trinajstić information content (AvgIpc) is 2.85. The smallest absolute Gasteiger partial charge is 0.256 e. The van der Waals surface area contributed by atoms with Gasteiger partial charge in [0.05, 0.1) is 17.3 Å². The molecular formula is C27H20ClFN2O3. The van der Waals surface area contributed by atoms with Crippen molar-refractivity contribution in [1.82, 2.24) is 4.98 Å². The zero-order valence-electron chi connectivity index (χ0n) is 18.1. The van der Waals surface area contributed by atoms with Crippen LogP contribution in [0.2, 0.25) is 5.02 Å². The molecule has 0 bridgehead atoms. The van der Waals surface area contributed by atoms with Gasteiger partial charge in [-0.15, -0.1) is 0 Å². The molecule has 1 amide bonds. The molecule has 0 radical (unpaired) electrons. The van der Waals surface area contributed by atoms with E-state index in [1.54, 1.807) is 60.7 Å². The number of rotatable bonds is 5. The van der Waals surface area contributed by atoms with Crippen LogP contribution in [0.15, 0.2) is 78.9 Å². The van der Waals surface area contributed by atoms with E-state index in [9.17, 15) is 9.18 Å². The first-order chi connectivity index (χ1) is 16.5. The van der Waals surface area contributed by atoms with E-state index in [1.165, 1.54) is 12.1 Å². The van der Waals surface area contributed by atoms with Crippen LogP contribution in [-0.2, 0) is 6.42 Å². The van der Waals surface area contributed by atoms with Crippen LogP contribution in [0.3, 0.4) is 0 Å². The number of nitrogens with zero attached hydrogens (tertiary/aromatic N) is 1. The van der Waals surface area contributed by atoms with Gasteiger partial charge in [0.25, 0.3) is 5.91 Å². The standard InChI is InChI=1S/C27H20ClFN2O3/c28-22-15-19-3-2-14-33-24(19)16-25(22)34-21-12-8-18(9-13-21)27(32)31-26-5-1-4-23(30-26)17-6-10-20(29)11-7-17/h1,4-13,15-16H,2-3,14H2,(H,30,31,32). The molecule has 4 aromatic rings. The number of amides is 1. The third-order valence-corrected chi connectivity index (χ3v) is 5.73. The van der Waals surface area contributed by atoms with E-state index in [-0.39, 0.29) is 11.7 Å². The fourth-order valence-electron chi connectivity index (χ4n) is 3.70. The molecule has 1 aliphatic rings. The third kappa shape index (κ3) is 4.87. The van der Waals surface area contributed by atoms with Crippen LogP contribution in [0.4, 0.5) is 10.2 Å². The normalized spacial score (nSPS) is 12.4. The van der Waals surface area contributed by atoms with Gasteiger partial charge in [-0.3, -0.25) is 4.79 Å². The number of fused-ring (bicyclic) bond motifs is 1. The van der Waals surface area contributed by atoms with Crippen molar-refractivity contribution in [2.75, 3.05) is 11.9 Å². The Morgan fingerprint density at radius 1 is 1.03 bits per heavy atom. The van der Waals surface area contributed by atoms with Crippen LogP contribution in [0.5, 0.6) is 17.2 Å². The zero-order chi connectivity index (χ0) is 23.5. The van der Waals surface area contributed by atoms with Crippen molar-refractivity contribution in [3.8, 4) is 28.5 Å². The predicted octanol–water partition coefficient (Wildman–Crippen LogP) is 6.91. The largest absolute Gasteiger partial charge is 0.493 e. The maximum atomic E-state index is 13.2. The Bertz CT molecular complexity index is 1340. The van der Waals surface area contributed by atoms with Crippen molar-refractivity contribution in [2.24, 2.45) is 0 Å². The maximum Gasteiger partial charge on any atom is 0.256 e. The first-order valence-electron chi connectivity index (χ1n) is 10.8. The first-order valence-corrected chi connectivity index (χ1v) is 11.2. The third-order valence-electron chi connectivity index (χ3n) is 5.44. The lowest BCUT2D eigenvalue weighted by Gasteiger charge is -2.19. The summed E-state index contributed by atoms with van der Waals surface area (Å²) >= 11 is 6.38. The second kappa shape index (κ2) is 9.53. The van der Waals surface area contributed by atoms with E-state index >= 15 is 0 Å². The number of ether oxygens (including phenoxy) is 2. The van der Waals surface area contributed by atoms with Gasteiger partial charge in [-0.2, -0.15) is 0 Å². The van der Waals surface area contributed by atoms with Gasteiger partial charge in [-0.1, -0.05) is 17.7 Å². The maximum absolute atomic E-state index is 13.2. The first kappa shape index (κ1) is 21.9. The molecule has 1 aromatic heterocycles. The van der Waals surface area contributed by atoms with Crippen LogP contribution in [-0.4, -0.2) is 17.5 Å². The van der Waals surface area contributed by atoms with Gasteiger partial charge >= 0.3 is 0 Å². The van der Waals surface area contributed by atoms with E-state index in [2.05, 4.69) is 10.3 Å².